The topological polar surface area (TPSA) is 24.5 Å². The third-order valence-electron chi connectivity index (χ3n) is 3.65. The van der Waals surface area contributed by atoms with E-state index in [1.54, 1.807) is 7.11 Å². The van der Waals surface area contributed by atoms with Gasteiger partial charge in [-0.05, 0) is 33.1 Å². The maximum absolute atomic E-state index is 5.41. The van der Waals surface area contributed by atoms with Crippen molar-refractivity contribution in [1.29, 1.82) is 0 Å². The van der Waals surface area contributed by atoms with E-state index in [-0.39, 0.29) is 5.60 Å². The first-order valence-corrected chi connectivity index (χ1v) is 6.13. The summed E-state index contributed by atoms with van der Waals surface area (Å²) < 4.78 is 5.41. The highest BCUT2D eigenvalue weighted by molar-refractivity contribution is 4.92. The predicted octanol–water partition coefficient (Wildman–Crippen LogP) is 1.24. The summed E-state index contributed by atoms with van der Waals surface area (Å²) >= 11 is 0. The average Bonchev–Trinajstić information content (AvgIpc) is 2.96. The minimum Gasteiger partial charge on any atom is -0.377 e. The van der Waals surface area contributed by atoms with Crippen molar-refractivity contribution in [2.45, 2.75) is 50.8 Å². The smallest absolute Gasteiger partial charge is 0.0746 e. The number of likely N-dealkylation sites (tertiary alicyclic amines) is 1. The summed E-state index contributed by atoms with van der Waals surface area (Å²) in [4.78, 5) is 2.64. The standard InChI is InChI=1S/C12H24N2O/c1-12(2,15-3)9-13-10-6-7-14(8-10)11-4-5-11/h10-11,13H,4-9H2,1-3H3. The molecule has 0 aromatic rings. The summed E-state index contributed by atoms with van der Waals surface area (Å²) in [5.41, 5.74) is -0.0347. The number of hydrogen-bond acceptors (Lipinski definition) is 3. The molecule has 3 heteroatoms. The summed E-state index contributed by atoms with van der Waals surface area (Å²) in [6.45, 7) is 7.74. The average molecular weight is 212 g/mol. The van der Waals surface area contributed by atoms with Crippen LogP contribution in [0.4, 0.5) is 0 Å². The van der Waals surface area contributed by atoms with E-state index in [0.29, 0.717) is 6.04 Å². The van der Waals surface area contributed by atoms with Gasteiger partial charge in [0.25, 0.3) is 0 Å². The maximum atomic E-state index is 5.41. The van der Waals surface area contributed by atoms with Gasteiger partial charge in [-0.15, -0.1) is 0 Å². The molecule has 0 amide bonds. The Hall–Kier alpha value is -0.120. The van der Waals surface area contributed by atoms with Gasteiger partial charge in [-0.2, -0.15) is 0 Å². The number of ether oxygens (including phenoxy) is 1. The first-order chi connectivity index (χ1) is 7.11. The Morgan fingerprint density at radius 3 is 2.67 bits per heavy atom. The van der Waals surface area contributed by atoms with Gasteiger partial charge in [-0.1, -0.05) is 0 Å². The lowest BCUT2D eigenvalue weighted by Crippen LogP contribution is -2.43. The second-order valence-electron chi connectivity index (χ2n) is 5.56. The molecule has 0 bridgehead atoms. The molecule has 1 aliphatic heterocycles. The van der Waals surface area contributed by atoms with Crippen LogP contribution in [0.25, 0.3) is 0 Å². The van der Waals surface area contributed by atoms with Crippen LogP contribution < -0.4 is 5.32 Å². The van der Waals surface area contributed by atoms with Gasteiger partial charge in [0.15, 0.2) is 0 Å². The molecule has 1 N–H and O–H groups in total. The Morgan fingerprint density at radius 1 is 1.33 bits per heavy atom. The highest BCUT2D eigenvalue weighted by atomic mass is 16.5. The molecule has 1 atom stereocenters. The molecule has 1 saturated heterocycles. The third-order valence-corrected chi connectivity index (χ3v) is 3.65. The molecule has 0 aromatic carbocycles. The van der Waals surface area contributed by atoms with Gasteiger partial charge in [0.1, 0.15) is 0 Å². The molecular weight excluding hydrogens is 188 g/mol. The second kappa shape index (κ2) is 4.40. The van der Waals surface area contributed by atoms with Crippen molar-refractivity contribution in [3.05, 3.63) is 0 Å². The second-order valence-corrected chi connectivity index (χ2v) is 5.56. The first kappa shape index (κ1) is 11.4. The molecule has 0 aromatic heterocycles. The molecule has 2 aliphatic rings. The Labute approximate surface area is 93.2 Å². The van der Waals surface area contributed by atoms with Gasteiger partial charge in [0.05, 0.1) is 5.60 Å². The molecule has 15 heavy (non-hydrogen) atoms. The highest BCUT2D eigenvalue weighted by Gasteiger charge is 2.34. The van der Waals surface area contributed by atoms with E-state index in [2.05, 4.69) is 24.1 Å². The molecule has 1 aliphatic carbocycles. The summed E-state index contributed by atoms with van der Waals surface area (Å²) in [7, 11) is 1.78. The van der Waals surface area contributed by atoms with E-state index in [4.69, 9.17) is 4.74 Å². The lowest BCUT2D eigenvalue weighted by atomic mass is 10.1. The number of nitrogens with one attached hydrogen (secondary N) is 1. The minimum absolute atomic E-state index is 0.0347. The zero-order valence-corrected chi connectivity index (χ0v) is 10.3. The molecule has 2 fully saturated rings. The van der Waals surface area contributed by atoms with E-state index in [1.165, 1.54) is 32.4 Å². The van der Waals surface area contributed by atoms with Gasteiger partial charge < -0.3 is 10.1 Å². The predicted molar refractivity (Wildman–Crippen MR) is 62.1 cm³/mol. The number of rotatable bonds is 5. The van der Waals surface area contributed by atoms with Crippen LogP contribution in [-0.2, 0) is 4.74 Å². The molecule has 1 heterocycles. The highest BCUT2D eigenvalue weighted by Crippen LogP contribution is 2.29. The fourth-order valence-corrected chi connectivity index (χ4v) is 2.19. The quantitative estimate of drug-likeness (QED) is 0.742. The van der Waals surface area contributed by atoms with E-state index >= 15 is 0 Å². The van der Waals surface area contributed by atoms with E-state index < -0.39 is 0 Å². The minimum atomic E-state index is -0.0347. The van der Waals surface area contributed by atoms with Crippen molar-refractivity contribution >= 4 is 0 Å². The zero-order valence-electron chi connectivity index (χ0n) is 10.3. The SMILES string of the molecule is COC(C)(C)CNC1CCN(C2CC2)C1. The number of hydrogen-bond donors (Lipinski definition) is 1. The zero-order chi connectivity index (χ0) is 10.9. The molecule has 88 valence electrons. The van der Waals surface area contributed by atoms with Crippen molar-refractivity contribution in [3.8, 4) is 0 Å². The van der Waals surface area contributed by atoms with Gasteiger partial charge in [-0.25, -0.2) is 0 Å². The lowest BCUT2D eigenvalue weighted by molar-refractivity contribution is 0.0212. The Kier molecular flexibility index (Phi) is 3.33. The monoisotopic (exact) mass is 212 g/mol. The Morgan fingerprint density at radius 2 is 2.07 bits per heavy atom. The van der Waals surface area contributed by atoms with Crippen LogP contribution >= 0.6 is 0 Å². The molecule has 1 unspecified atom stereocenters. The van der Waals surface area contributed by atoms with Crippen LogP contribution in [0.1, 0.15) is 33.1 Å². The summed E-state index contributed by atoms with van der Waals surface area (Å²) in [5.74, 6) is 0. The number of nitrogens with zero attached hydrogens (tertiary/aromatic N) is 1. The van der Waals surface area contributed by atoms with Crippen LogP contribution in [0.5, 0.6) is 0 Å². The lowest BCUT2D eigenvalue weighted by Gasteiger charge is -2.25. The molecule has 3 nitrogen and oxygen atoms in total. The van der Waals surface area contributed by atoms with E-state index in [1.807, 2.05) is 0 Å². The Bertz CT molecular complexity index is 214. The molecule has 2 rings (SSSR count). The third kappa shape index (κ3) is 3.16. The normalized spacial score (nSPS) is 28.6. The van der Waals surface area contributed by atoms with Crippen molar-refractivity contribution in [3.63, 3.8) is 0 Å². The summed E-state index contributed by atoms with van der Waals surface area (Å²) in [5, 5.41) is 3.62. The fourth-order valence-electron chi connectivity index (χ4n) is 2.19. The van der Waals surface area contributed by atoms with Crippen molar-refractivity contribution < 1.29 is 4.74 Å². The van der Waals surface area contributed by atoms with Crippen LogP contribution in [-0.4, -0.2) is 49.3 Å². The summed E-state index contributed by atoms with van der Waals surface area (Å²) in [6.07, 6.45) is 4.16. The van der Waals surface area contributed by atoms with Gasteiger partial charge in [0.2, 0.25) is 0 Å². The van der Waals surface area contributed by atoms with Gasteiger partial charge >= 0.3 is 0 Å². The molecule has 0 radical (unpaired) electrons. The van der Waals surface area contributed by atoms with Crippen LogP contribution in [0.2, 0.25) is 0 Å². The largest absolute Gasteiger partial charge is 0.377 e. The van der Waals surface area contributed by atoms with Gasteiger partial charge in [-0.3, -0.25) is 4.90 Å². The van der Waals surface area contributed by atoms with E-state index in [0.717, 1.165) is 12.6 Å². The fraction of sp³-hybridized carbons (Fsp3) is 1.00. The molecule has 0 spiro atoms. The molecular formula is C12H24N2O. The van der Waals surface area contributed by atoms with Crippen LogP contribution in [0.3, 0.4) is 0 Å². The van der Waals surface area contributed by atoms with Crippen molar-refractivity contribution in [1.82, 2.24) is 10.2 Å². The van der Waals surface area contributed by atoms with Crippen molar-refractivity contribution in [2.24, 2.45) is 0 Å². The number of methoxy groups -OCH3 is 1. The molecule has 1 saturated carbocycles. The Balaban J connectivity index is 1.68. The van der Waals surface area contributed by atoms with Crippen LogP contribution in [0.15, 0.2) is 0 Å². The van der Waals surface area contributed by atoms with E-state index in [9.17, 15) is 0 Å². The van der Waals surface area contributed by atoms with Gasteiger partial charge in [0, 0.05) is 38.8 Å². The van der Waals surface area contributed by atoms with Crippen LogP contribution in [0, 0.1) is 0 Å². The van der Waals surface area contributed by atoms with Crippen molar-refractivity contribution in [2.75, 3.05) is 26.7 Å². The maximum Gasteiger partial charge on any atom is 0.0746 e. The summed E-state index contributed by atoms with van der Waals surface area (Å²) in [6, 6.07) is 1.60. The first-order valence-electron chi connectivity index (χ1n) is 6.13.